The minimum Gasteiger partial charge on any atom is -0.497 e. The highest BCUT2D eigenvalue weighted by Gasteiger charge is 2.07. The second-order valence-electron chi connectivity index (χ2n) is 4.10. The minimum atomic E-state index is 0.0684. The number of nitrogens with one attached hydrogen (secondary N) is 1. The first-order chi connectivity index (χ1) is 9.21. The van der Waals surface area contributed by atoms with Gasteiger partial charge >= 0.3 is 0 Å². The number of ether oxygens (including phenoxy) is 2. The maximum absolute atomic E-state index is 11.6. The van der Waals surface area contributed by atoms with Crippen LogP contribution >= 0.6 is 15.9 Å². The van der Waals surface area contributed by atoms with Crippen LogP contribution in [0.2, 0.25) is 0 Å². The number of carbonyl (C=O) groups is 1. The largest absolute Gasteiger partial charge is 0.497 e. The number of amides is 1. The number of carbonyl (C=O) groups excluding carboxylic acids is 1. The first kappa shape index (κ1) is 15.8. The molecule has 0 atom stereocenters. The predicted octanol–water partition coefficient (Wildman–Crippen LogP) is 2.89. The zero-order valence-electron chi connectivity index (χ0n) is 11.4. The van der Waals surface area contributed by atoms with E-state index in [1.807, 2.05) is 18.2 Å². The lowest BCUT2D eigenvalue weighted by atomic mass is 10.2. The normalized spacial score (nSPS) is 10.1. The summed E-state index contributed by atoms with van der Waals surface area (Å²) < 4.78 is 10.4. The molecular weight excluding hydrogens is 310 g/mol. The summed E-state index contributed by atoms with van der Waals surface area (Å²) in [4.78, 5) is 11.6. The molecule has 4 nitrogen and oxygen atoms in total. The van der Waals surface area contributed by atoms with E-state index in [9.17, 15) is 4.79 Å². The van der Waals surface area contributed by atoms with Gasteiger partial charge in [-0.25, -0.2) is 0 Å². The zero-order valence-corrected chi connectivity index (χ0v) is 13.0. The third-order valence-electron chi connectivity index (χ3n) is 2.76. The fraction of sp³-hybridized carbons (Fsp3) is 0.500. The summed E-state index contributed by atoms with van der Waals surface area (Å²) >= 11 is 3.35. The van der Waals surface area contributed by atoms with Crippen molar-refractivity contribution >= 4 is 21.8 Å². The Bertz CT molecular complexity index is 410. The van der Waals surface area contributed by atoms with E-state index in [1.54, 1.807) is 14.2 Å². The molecule has 0 fully saturated rings. The molecule has 0 spiro atoms. The highest BCUT2D eigenvalue weighted by atomic mass is 79.9. The van der Waals surface area contributed by atoms with Crippen LogP contribution in [0.3, 0.4) is 0 Å². The monoisotopic (exact) mass is 329 g/mol. The van der Waals surface area contributed by atoms with E-state index < -0.39 is 0 Å². The van der Waals surface area contributed by atoms with Gasteiger partial charge in [0.05, 0.1) is 14.2 Å². The average molecular weight is 330 g/mol. The van der Waals surface area contributed by atoms with Crippen molar-refractivity contribution in [3.05, 3.63) is 23.8 Å². The molecule has 0 aliphatic heterocycles. The molecule has 1 aromatic rings. The molecule has 0 saturated carbocycles. The van der Waals surface area contributed by atoms with Gasteiger partial charge in [0.25, 0.3) is 0 Å². The molecule has 0 heterocycles. The Kier molecular flexibility index (Phi) is 7.33. The van der Waals surface area contributed by atoms with E-state index >= 15 is 0 Å². The summed E-state index contributed by atoms with van der Waals surface area (Å²) in [6.07, 6.45) is 2.47. The van der Waals surface area contributed by atoms with Crippen molar-refractivity contribution in [2.45, 2.75) is 25.8 Å². The molecule has 0 aromatic heterocycles. The lowest BCUT2D eigenvalue weighted by Gasteiger charge is -2.11. The summed E-state index contributed by atoms with van der Waals surface area (Å²) in [7, 11) is 3.22. The first-order valence-electron chi connectivity index (χ1n) is 6.24. The van der Waals surface area contributed by atoms with Gasteiger partial charge in [-0.05, 0) is 25.0 Å². The highest BCUT2D eigenvalue weighted by molar-refractivity contribution is 9.09. The third-order valence-corrected chi connectivity index (χ3v) is 3.32. The lowest BCUT2D eigenvalue weighted by Crippen LogP contribution is -2.22. The number of hydrogen-bond acceptors (Lipinski definition) is 3. The summed E-state index contributed by atoms with van der Waals surface area (Å²) in [6.45, 7) is 0.473. The van der Waals surface area contributed by atoms with Crippen molar-refractivity contribution in [3.63, 3.8) is 0 Å². The Morgan fingerprint density at radius 2 is 2.05 bits per heavy atom. The van der Waals surface area contributed by atoms with E-state index in [0.717, 1.165) is 35.2 Å². The maximum Gasteiger partial charge on any atom is 0.220 e. The van der Waals surface area contributed by atoms with Crippen molar-refractivity contribution in [1.82, 2.24) is 5.32 Å². The van der Waals surface area contributed by atoms with Crippen LogP contribution in [0.5, 0.6) is 11.5 Å². The van der Waals surface area contributed by atoms with Crippen LogP contribution in [0.4, 0.5) is 0 Å². The Morgan fingerprint density at radius 1 is 1.26 bits per heavy atom. The summed E-state index contributed by atoms with van der Waals surface area (Å²) in [5.74, 6) is 1.53. The molecule has 1 rings (SSSR count). The molecular formula is C14H20BrNO3. The van der Waals surface area contributed by atoms with Crippen LogP contribution in [-0.4, -0.2) is 25.5 Å². The number of benzene rings is 1. The van der Waals surface area contributed by atoms with Gasteiger partial charge in [0.1, 0.15) is 11.5 Å². The number of methoxy groups -OCH3 is 2. The predicted molar refractivity (Wildman–Crippen MR) is 79.0 cm³/mol. The minimum absolute atomic E-state index is 0.0684. The SMILES string of the molecule is COc1ccc(CNC(=O)CCCCBr)c(OC)c1. The molecule has 1 amide bonds. The number of alkyl halides is 1. The Labute approximate surface area is 122 Å². The fourth-order valence-corrected chi connectivity index (χ4v) is 2.06. The van der Waals surface area contributed by atoms with E-state index in [-0.39, 0.29) is 5.91 Å². The molecule has 0 aliphatic rings. The Morgan fingerprint density at radius 3 is 2.68 bits per heavy atom. The van der Waals surface area contributed by atoms with Crippen molar-refractivity contribution in [2.75, 3.05) is 19.5 Å². The van der Waals surface area contributed by atoms with Crippen molar-refractivity contribution in [3.8, 4) is 11.5 Å². The van der Waals surface area contributed by atoms with Crippen LogP contribution in [0.15, 0.2) is 18.2 Å². The van der Waals surface area contributed by atoms with E-state index in [2.05, 4.69) is 21.2 Å². The number of unbranched alkanes of at least 4 members (excludes halogenated alkanes) is 1. The number of hydrogen-bond donors (Lipinski definition) is 1. The van der Waals surface area contributed by atoms with Crippen LogP contribution < -0.4 is 14.8 Å². The molecule has 1 N–H and O–H groups in total. The van der Waals surface area contributed by atoms with Gasteiger partial charge in [-0.1, -0.05) is 15.9 Å². The van der Waals surface area contributed by atoms with Gasteiger partial charge in [-0.3, -0.25) is 4.79 Å². The van der Waals surface area contributed by atoms with Gasteiger partial charge in [0, 0.05) is 29.9 Å². The fourth-order valence-electron chi connectivity index (χ4n) is 1.66. The van der Waals surface area contributed by atoms with Crippen molar-refractivity contribution < 1.29 is 14.3 Å². The van der Waals surface area contributed by atoms with Crippen LogP contribution in [0.1, 0.15) is 24.8 Å². The molecule has 5 heteroatoms. The second-order valence-corrected chi connectivity index (χ2v) is 4.89. The first-order valence-corrected chi connectivity index (χ1v) is 7.37. The van der Waals surface area contributed by atoms with E-state index in [0.29, 0.717) is 13.0 Å². The Hall–Kier alpha value is -1.23. The number of rotatable bonds is 8. The molecule has 0 aliphatic carbocycles. The van der Waals surface area contributed by atoms with Crippen LogP contribution in [0.25, 0.3) is 0 Å². The molecule has 0 saturated heterocycles. The molecule has 0 unspecified atom stereocenters. The average Bonchev–Trinajstić information content (AvgIpc) is 2.45. The summed E-state index contributed by atoms with van der Waals surface area (Å²) in [5.41, 5.74) is 0.942. The van der Waals surface area contributed by atoms with Gasteiger partial charge in [-0.2, -0.15) is 0 Å². The quantitative estimate of drug-likeness (QED) is 0.589. The maximum atomic E-state index is 11.6. The van der Waals surface area contributed by atoms with Gasteiger partial charge in [0.2, 0.25) is 5.91 Å². The summed E-state index contributed by atoms with van der Waals surface area (Å²) in [6, 6.07) is 5.57. The second kappa shape index (κ2) is 8.80. The van der Waals surface area contributed by atoms with Crippen LogP contribution in [-0.2, 0) is 11.3 Å². The molecule has 0 bridgehead atoms. The smallest absolute Gasteiger partial charge is 0.220 e. The Balaban J connectivity index is 2.50. The van der Waals surface area contributed by atoms with Crippen molar-refractivity contribution in [1.29, 1.82) is 0 Å². The van der Waals surface area contributed by atoms with E-state index in [1.165, 1.54) is 0 Å². The molecule has 106 valence electrons. The topological polar surface area (TPSA) is 47.6 Å². The highest BCUT2D eigenvalue weighted by Crippen LogP contribution is 2.24. The van der Waals surface area contributed by atoms with Crippen LogP contribution in [0, 0.1) is 0 Å². The van der Waals surface area contributed by atoms with Gasteiger partial charge in [0.15, 0.2) is 0 Å². The zero-order chi connectivity index (χ0) is 14.1. The summed E-state index contributed by atoms with van der Waals surface area (Å²) in [5, 5.41) is 3.83. The third kappa shape index (κ3) is 5.51. The number of halogens is 1. The van der Waals surface area contributed by atoms with Gasteiger partial charge in [-0.15, -0.1) is 0 Å². The molecule has 0 radical (unpaired) electrons. The van der Waals surface area contributed by atoms with Gasteiger partial charge < -0.3 is 14.8 Å². The molecule has 1 aromatic carbocycles. The lowest BCUT2D eigenvalue weighted by molar-refractivity contribution is -0.121. The standard InChI is InChI=1S/C14H20BrNO3/c1-18-12-7-6-11(13(9-12)19-2)10-16-14(17)5-3-4-8-15/h6-7,9H,3-5,8,10H2,1-2H3,(H,16,17). The molecule has 19 heavy (non-hydrogen) atoms. The van der Waals surface area contributed by atoms with E-state index in [4.69, 9.17) is 9.47 Å². The van der Waals surface area contributed by atoms with Crippen molar-refractivity contribution in [2.24, 2.45) is 0 Å².